The van der Waals surface area contributed by atoms with Gasteiger partial charge in [0.1, 0.15) is 5.75 Å². The Hall–Kier alpha value is -3.80. The predicted octanol–water partition coefficient (Wildman–Crippen LogP) is 3.84. The zero-order valence-electron chi connectivity index (χ0n) is 13.7. The van der Waals surface area contributed by atoms with Crippen LogP contribution in [-0.2, 0) is 0 Å². The van der Waals surface area contributed by atoms with Crippen molar-refractivity contribution in [3.05, 3.63) is 78.6 Å². The standard InChI is InChI=1S/C20H15N5O/c26-18-10-4-1-6-14(18)13-22-25-20-16-8-2-3-9-17(16)23-19(24-20)15-7-5-11-21-12-15/h1-13,26H,(H,23,24,25)/b22-13+. The number of aromatic nitrogens is 3. The van der Waals surface area contributed by atoms with Crippen molar-refractivity contribution < 1.29 is 5.11 Å². The maximum atomic E-state index is 9.82. The second kappa shape index (κ2) is 6.98. The molecule has 2 heterocycles. The molecule has 2 aromatic carbocycles. The Morgan fingerprint density at radius 2 is 1.77 bits per heavy atom. The fraction of sp³-hybridized carbons (Fsp3) is 0. The van der Waals surface area contributed by atoms with Gasteiger partial charge in [0.2, 0.25) is 0 Å². The maximum absolute atomic E-state index is 9.82. The third-order valence-corrected chi connectivity index (χ3v) is 3.83. The zero-order chi connectivity index (χ0) is 17.8. The molecule has 126 valence electrons. The van der Waals surface area contributed by atoms with E-state index in [1.54, 1.807) is 36.8 Å². The van der Waals surface area contributed by atoms with Crippen molar-refractivity contribution in [2.24, 2.45) is 5.10 Å². The molecule has 6 nitrogen and oxygen atoms in total. The smallest absolute Gasteiger partial charge is 0.163 e. The number of hydrogen-bond acceptors (Lipinski definition) is 6. The summed E-state index contributed by atoms with van der Waals surface area (Å²) in [5.74, 6) is 1.32. The Balaban J connectivity index is 1.73. The number of nitrogens with one attached hydrogen (secondary N) is 1. The minimum atomic E-state index is 0.168. The van der Waals surface area contributed by atoms with E-state index in [2.05, 4.69) is 25.5 Å². The van der Waals surface area contributed by atoms with E-state index in [1.165, 1.54) is 0 Å². The van der Waals surface area contributed by atoms with Crippen molar-refractivity contribution in [2.75, 3.05) is 5.43 Å². The number of benzene rings is 2. The highest BCUT2D eigenvalue weighted by molar-refractivity contribution is 5.91. The number of hydrogen-bond donors (Lipinski definition) is 2. The second-order valence-electron chi connectivity index (χ2n) is 5.58. The first kappa shape index (κ1) is 15.7. The topological polar surface area (TPSA) is 83.3 Å². The SMILES string of the molecule is Oc1ccccc1/C=N/Nc1nc(-c2cccnc2)nc2ccccc12. The summed E-state index contributed by atoms with van der Waals surface area (Å²) in [6, 6.07) is 18.4. The molecule has 2 N–H and O–H groups in total. The van der Waals surface area contributed by atoms with E-state index in [4.69, 9.17) is 0 Å². The van der Waals surface area contributed by atoms with Gasteiger partial charge in [-0.15, -0.1) is 0 Å². The Bertz CT molecular complexity index is 1080. The highest BCUT2D eigenvalue weighted by Gasteiger charge is 2.08. The lowest BCUT2D eigenvalue weighted by Gasteiger charge is -2.08. The van der Waals surface area contributed by atoms with Gasteiger partial charge in [0.15, 0.2) is 11.6 Å². The number of aromatic hydroxyl groups is 1. The molecule has 4 rings (SSSR count). The lowest BCUT2D eigenvalue weighted by molar-refractivity contribution is 0.474. The summed E-state index contributed by atoms with van der Waals surface area (Å²) < 4.78 is 0. The molecule has 2 aromatic heterocycles. The van der Waals surface area contributed by atoms with Gasteiger partial charge in [-0.2, -0.15) is 5.10 Å². The quantitative estimate of drug-likeness (QED) is 0.435. The van der Waals surface area contributed by atoms with Crippen LogP contribution in [0, 0.1) is 0 Å². The molecular weight excluding hydrogens is 326 g/mol. The molecule has 0 aliphatic rings. The van der Waals surface area contributed by atoms with Gasteiger partial charge in [-0.25, -0.2) is 9.97 Å². The first-order chi connectivity index (χ1) is 12.8. The molecule has 0 amide bonds. The number of fused-ring (bicyclic) bond motifs is 1. The minimum absolute atomic E-state index is 0.168. The first-order valence-electron chi connectivity index (χ1n) is 8.05. The molecule has 0 aliphatic heterocycles. The summed E-state index contributed by atoms with van der Waals surface area (Å²) in [6.07, 6.45) is 4.98. The van der Waals surface area contributed by atoms with Crippen molar-refractivity contribution in [3.63, 3.8) is 0 Å². The number of anilines is 1. The van der Waals surface area contributed by atoms with Crippen molar-refractivity contribution in [1.82, 2.24) is 15.0 Å². The van der Waals surface area contributed by atoms with Crippen molar-refractivity contribution in [1.29, 1.82) is 0 Å². The van der Waals surface area contributed by atoms with Gasteiger partial charge in [-0.05, 0) is 36.4 Å². The van der Waals surface area contributed by atoms with E-state index in [9.17, 15) is 5.11 Å². The van der Waals surface area contributed by atoms with E-state index in [0.29, 0.717) is 17.2 Å². The Morgan fingerprint density at radius 3 is 2.62 bits per heavy atom. The van der Waals surface area contributed by atoms with Crippen LogP contribution in [0.4, 0.5) is 5.82 Å². The van der Waals surface area contributed by atoms with Gasteiger partial charge in [0.25, 0.3) is 0 Å². The summed E-state index contributed by atoms with van der Waals surface area (Å²) in [6.45, 7) is 0. The van der Waals surface area contributed by atoms with Crippen LogP contribution in [0.15, 0.2) is 78.2 Å². The van der Waals surface area contributed by atoms with Gasteiger partial charge in [0, 0.05) is 28.9 Å². The molecule has 0 unspecified atom stereocenters. The molecule has 0 atom stereocenters. The monoisotopic (exact) mass is 341 g/mol. The number of pyridine rings is 1. The van der Waals surface area contributed by atoms with Crippen LogP contribution in [0.2, 0.25) is 0 Å². The molecule has 0 aliphatic carbocycles. The maximum Gasteiger partial charge on any atom is 0.163 e. The third kappa shape index (κ3) is 3.21. The lowest BCUT2D eigenvalue weighted by Crippen LogP contribution is -1.99. The molecule has 0 fully saturated rings. The Labute approximate surface area is 149 Å². The molecular formula is C20H15N5O. The average Bonchev–Trinajstić information content (AvgIpc) is 2.70. The average molecular weight is 341 g/mol. The van der Waals surface area contributed by atoms with Gasteiger partial charge in [0.05, 0.1) is 11.7 Å². The molecule has 0 radical (unpaired) electrons. The molecule has 26 heavy (non-hydrogen) atoms. The number of phenolic OH excluding ortho intramolecular Hbond substituents is 1. The molecule has 0 saturated heterocycles. The van der Waals surface area contributed by atoms with E-state index in [1.807, 2.05) is 42.5 Å². The number of nitrogens with zero attached hydrogens (tertiary/aromatic N) is 4. The zero-order valence-corrected chi connectivity index (χ0v) is 13.7. The lowest BCUT2D eigenvalue weighted by atomic mass is 10.2. The van der Waals surface area contributed by atoms with Crippen molar-refractivity contribution >= 4 is 22.9 Å². The largest absolute Gasteiger partial charge is 0.507 e. The van der Waals surface area contributed by atoms with Gasteiger partial charge in [-0.1, -0.05) is 24.3 Å². The number of phenols is 1. The molecule has 4 aromatic rings. The highest BCUT2D eigenvalue weighted by atomic mass is 16.3. The van der Waals surface area contributed by atoms with Gasteiger partial charge < -0.3 is 5.11 Å². The van der Waals surface area contributed by atoms with Crippen LogP contribution < -0.4 is 5.43 Å². The predicted molar refractivity (Wildman–Crippen MR) is 102 cm³/mol. The van der Waals surface area contributed by atoms with Gasteiger partial charge >= 0.3 is 0 Å². The summed E-state index contributed by atoms with van der Waals surface area (Å²) in [5, 5.41) is 14.9. The van der Waals surface area contributed by atoms with E-state index < -0.39 is 0 Å². The van der Waals surface area contributed by atoms with Crippen molar-refractivity contribution in [2.45, 2.75) is 0 Å². The van der Waals surface area contributed by atoms with Gasteiger partial charge in [-0.3, -0.25) is 10.4 Å². The summed E-state index contributed by atoms with van der Waals surface area (Å²) in [4.78, 5) is 13.3. The Morgan fingerprint density at radius 1 is 0.923 bits per heavy atom. The number of para-hydroxylation sites is 2. The third-order valence-electron chi connectivity index (χ3n) is 3.83. The summed E-state index contributed by atoms with van der Waals surface area (Å²) in [5.41, 5.74) is 5.21. The minimum Gasteiger partial charge on any atom is -0.507 e. The fourth-order valence-corrected chi connectivity index (χ4v) is 2.55. The van der Waals surface area contributed by atoms with Crippen LogP contribution in [-0.4, -0.2) is 26.3 Å². The molecule has 6 heteroatoms. The van der Waals surface area contributed by atoms with Crippen LogP contribution >= 0.6 is 0 Å². The van der Waals surface area contributed by atoms with E-state index in [0.717, 1.165) is 16.5 Å². The van der Waals surface area contributed by atoms with Crippen LogP contribution in [0.25, 0.3) is 22.3 Å². The molecule has 0 spiro atoms. The highest BCUT2D eigenvalue weighted by Crippen LogP contribution is 2.24. The molecule has 0 saturated carbocycles. The van der Waals surface area contributed by atoms with E-state index >= 15 is 0 Å². The Kier molecular flexibility index (Phi) is 4.22. The normalized spacial score (nSPS) is 11.1. The van der Waals surface area contributed by atoms with Crippen LogP contribution in [0.3, 0.4) is 0 Å². The van der Waals surface area contributed by atoms with Crippen LogP contribution in [0.5, 0.6) is 5.75 Å². The molecule has 0 bridgehead atoms. The first-order valence-corrected chi connectivity index (χ1v) is 8.05. The number of rotatable bonds is 4. The van der Waals surface area contributed by atoms with E-state index in [-0.39, 0.29) is 5.75 Å². The number of hydrazone groups is 1. The second-order valence-corrected chi connectivity index (χ2v) is 5.58. The summed E-state index contributed by atoms with van der Waals surface area (Å²) >= 11 is 0. The van der Waals surface area contributed by atoms with Crippen LogP contribution in [0.1, 0.15) is 5.56 Å². The fourth-order valence-electron chi connectivity index (χ4n) is 2.55. The van der Waals surface area contributed by atoms with Crippen molar-refractivity contribution in [3.8, 4) is 17.1 Å². The summed E-state index contributed by atoms with van der Waals surface area (Å²) in [7, 11) is 0.